The molecule has 1 N–H and O–H groups in total. The molecule has 104 valence electrons. The van der Waals surface area contributed by atoms with Crippen LogP contribution in [0, 0.1) is 0 Å². The molecule has 1 unspecified atom stereocenters. The number of rotatable bonds is 5. The second-order valence-electron chi connectivity index (χ2n) is 4.75. The van der Waals surface area contributed by atoms with Crippen LogP contribution < -0.4 is 5.32 Å². The topological polar surface area (TPSA) is 43.0 Å². The Morgan fingerprint density at radius 3 is 2.85 bits per heavy atom. The molecule has 0 saturated carbocycles. The van der Waals surface area contributed by atoms with E-state index in [4.69, 9.17) is 4.42 Å². The van der Waals surface area contributed by atoms with Gasteiger partial charge in [-0.25, -0.2) is 4.98 Å². The summed E-state index contributed by atoms with van der Waals surface area (Å²) in [6.07, 6.45) is 5.45. The van der Waals surface area contributed by atoms with Gasteiger partial charge in [0.15, 0.2) is 0 Å². The maximum atomic E-state index is 5.58. The first-order chi connectivity index (χ1) is 9.75. The van der Waals surface area contributed by atoms with Gasteiger partial charge in [-0.1, -0.05) is 6.07 Å². The fourth-order valence-corrected chi connectivity index (χ4v) is 3.01. The molecule has 3 aromatic heterocycles. The lowest BCUT2D eigenvalue weighted by Gasteiger charge is -2.21. The summed E-state index contributed by atoms with van der Waals surface area (Å²) in [5.74, 6) is 1.83. The van der Waals surface area contributed by atoms with E-state index in [9.17, 15) is 0 Å². The molecular weight excluding hydrogens is 270 g/mol. The quantitative estimate of drug-likeness (QED) is 0.781. The highest BCUT2D eigenvalue weighted by molar-refractivity contribution is 7.10. The highest BCUT2D eigenvalue weighted by atomic mass is 32.1. The zero-order valence-corrected chi connectivity index (χ0v) is 12.3. The summed E-state index contributed by atoms with van der Waals surface area (Å²) in [4.78, 5) is 5.75. The molecule has 0 fully saturated rings. The van der Waals surface area contributed by atoms with E-state index in [2.05, 4.69) is 34.7 Å². The first kappa shape index (κ1) is 13.1. The van der Waals surface area contributed by atoms with Gasteiger partial charge in [0.2, 0.25) is 0 Å². The molecule has 4 nitrogen and oxygen atoms in total. The number of thiophene rings is 1. The highest BCUT2D eigenvalue weighted by Gasteiger charge is 2.23. The highest BCUT2D eigenvalue weighted by Crippen LogP contribution is 2.26. The molecule has 3 rings (SSSR count). The number of hydrogen-bond acceptors (Lipinski definition) is 4. The largest absolute Gasteiger partial charge is 0.467 e. The molecule has 0 saturated heterocycles. The molecular formula is C15H17N3OS. The number of imidazole rings is 1. The van der Waals surface area contributed by atoms with Crippen molar-refractivity contribution in [1.29, 1.82) is 0 Å². The molecule has 0 aliphatic heterocycles. The Hall–Kier alpha value is -1.85. The van der Waals surface area contributed by atoms with Crippen LogP contribution in [0.1, 0.15) is 35.5 Å². The molecule has 0 aliphatic carbocycles. The van der Waals surface area contributed by atoms with E-state index in [1.54, 1.807) is 17.6 Å². The Bertz CT molecular complexity index is 643. The molecule has 0 radical (unpaired) electrons. The van der Waals surface area contributed by atoms with Crippen LogP contribution in [0.5, 0.6) is 0 Å². The van der Waals surface area contributed by atoms with Gasteiger partial charge < -0.3 is 8.98 Å². The minimum Gasteiger partial charge on any atom is -0.467 e. The maximum absolute atomic E-state index is 5.58. The van der Waals surface area contributed by atoms with E-state index in [0.717, 1.165) is 11.6 Å². The van der Waals surface area contributed by atoms with Crippen molar-refractivity contribution >= 4 is 11.3 Å². The van der Waals surface area contributed by atoms with Crippen molar-refractivity contribution in [3.8, 4) is 0 Å². The zero-order valence-electron chi connectivity index (χ0n) is 11.5. The van der Waals surface area contributed by atoms with Crippen molar-refractivity contribution in [2.24, 2.45) is 7.05 Å². The van der Waals surface area contributed by atoms with Gasteiger partial charge >= 0.3 is 0 Å². The summed E-state index contributed by atoms with van der Waals surface area (Å²) in [5, 5.41) is 5.69. The zero-order chi connectivity index (χ0) is 13.9. The Kier molecular flexibility index (Phi) is 3.71. The lowest BCUT2D eigenvalue weighted by molar-refractivity contribution is 0.405. The van der Waals surface area contributed by atoms with Crippen molar-refractivity contribution < 1.29 is 4.42 Å². The van der Waals surface area contributed by atoms with Gasteiger partial charge in [0, 0.05) is 30.4 Å². The minimum absolute atomic E-state index is 0.0536. The van der Waals surface area contributed by atoms with Crippen LogP contribution in [0.2, 0.25) is 0 Å². The average molecular weight is 287 g/mol. The van der Waals surface area contributed by atoms with Gasteiger partial charge in [0.05, 0.1) is 6.26 Å². The van der Waals surface area contributed by atoms with E-state index in [1.807, 2.05) is 36.1 Å². The van der Waals surface area contributed by atoms with Crippen molar-refractivity contribution in [1.82, 2.24) is 14.9 Å². The molecule has 0 aromatic carbocycles. The normalized spacial score (nSPS) is 14.3. The van der Waals surface area contributed by atoms with Gasteiger partial charge in [-0.3, -0.25) is 5.32 Å². The summed E-state index contributed by atoms with van der Waals surface area (Å²) >= 11 is 1.75. The molecule has 0 amide bonds. The van der Waals surface area contributed by atoms with Crippen molar-refractivity contribution in [2.75, 3.05) is 0 Å². The van der Waals surface area contributed by atoms with Crippen LogP contribution in [-0.4, -0.2) is 9.55 Å². The van der Waals surface area contributed by atoms with Gasteiger partial charge in [-0.05, 0) is 30.5 Å². The molecule has 3 heterocycles. The van der Waals surface area contributed by atoms with Gasteiger partial charge in [-0.2, -0.15) is 0 Å². The van der Waals surface area contributed by atoms with Gasteiger partial charge in [-0.15, -0.1) is 11.3 Å². The van der Waals surface area contributed by atoms with Gasteiger partial charge in [0.1, 0.15) is 17.6 Å². The predicted octanol–water partition coefficient (Wildman–Crippen LogP) is 3.51. The number of aromatic nitrogens is 2. The third-order valence-corrected chi connectivity index (χ3v) is 4.39. The molecule has 0 aliphatic rings. The van der Waals surface area contributed by atoms with Crippen LogP contribution in [0.15, 0.2) is 52.7 Å². The van der Waals surface area contributed by atoms with E-state index < -0.39 is 0 Å². The Morgan fingerprint density at radius 1 is 1.35 bits per heavy atom. The summed E-state index contributed by atoms with van der Waals surface area (Å²) in [5.41, 5.74) is 0. The Labute approximate surface area is 122 Å². The second kappa shape index (κ2) is 5.64. The number of nitrogens with one attached hydrogen (secondary N) is 1. The molecule has 3 aromatic rings. The lowest BCUT2D eigenvalue weighted by Crippen LogP contribution is -2.27. The number of aryl methyl sites for hydroxylation is 1. The molecule has 20 heavy (non-hydrogen) atoms. The molecule has 5 heteroatoms. The second-order valence-corrected chi connectivity index (χ2v) is 5.73. The Morgan fingerprint density at radius 2 is 2.25 bits per heavy atom. The number of furan rings is 1. The third kappa shape index (κ3) is 2.55. The third-order valence-electron chi connectivity index (χ3n) is 3.33. The first-order valence-corrected chi connectivity index (χ1v) is 7.43. The van der Waals surface area contributed by atoms with E-state index >= 15 is 0 Å². The number of nitrogens with zero attached hydrogens (tertiary/aromatic N) is 2. The summed E-state index contributed by atoms with van der Waals surface area (Å²) < 4.78 is 7.60. The fourth-order valence-electron chi connectivity index (χ4n) is 2.26. The maximum Gasteiger partial charge on any atom is 0.133 e. The van der Waals surface area contributed by atoms with Crippen molar-refractivity contribution in [2.45, 2.75) is 19.0 Å². The van der Waals surface area contributed by atoms with Crippen LogP contribution in [0.3, 0.4) is 0 Å². The summed E-state index contributed by atoms with van der Waals surface area (Å²) in [6, 6.07) is 8.28. The molecule has 2 atom stereocenters. The summed E-state index contributed by atoms with van der Waals surface area (Å²) in [6.45, 7) is 2.16. The molecule has 0 spiro atoms. The first-order valence-electron chi connectivity index (χ1n) is 6.56. The van der Waals surface area contributed by atoms with Crippen LogP contribution in [0.4, 0.5) is 0 Å². The van der Waals surface area contributed by atoms with Crippen molar-refractivity contribution in [3.05, 3.63) is 64.8 Å². The predicted molar refractivity (Wildman–Crippen MR) is 79.6 cm³/mol. The van der Waals surface area contributed by atoms with E-state index in [0.29, 0.717) is 0 Å². The van der Waals surface area contributed by atoms with Crippen LogP contribution in [0.25, 0.3) is 0 Å². The van der Waals surface area contributed by atoms with Crippen LogP contribution in [-0.2, 0) is 7.05 Å². The fraction of sp³-hybridized carbons (Fsp3) is 0.267. The monoisotopic (exact) mass is 287 g/mol. The van der Waals surface area contributed by atoms with E-state index in [1.165, 1.54) is 4.88 Å². The smallest absolute Gasteiger partial charge is 0.133 e. The standard InChI is InChI=1S/C15H17N3OS/c1-11(13-6-4-10-20-13)17-14(12-5-3-9-19-12)15-16-7-8-18(15)2/h3-11,14,17H,1-2H3/t11-,14?/m0/s1. The van der Waals surface area contributed by atoms with Gasteiger partial charge in [0.25, 0.3) is 0 Å². The van der Waals surface area contributed by atoms with E-state index in [-0.39, 0.29) is 12.1 Å². The van der Waals surface area contributed by atoms with Crippen molar-refractivity contribution in [3.63, 3.8) is 0 Å². The SMILES string of the molecule is C[C@H](NC(c1ccco1)c1nccn1C)c1cccs1. The number of hydrogen-bond donors (Lipinski definition) is 1. The summed E-state index contributed by atoms with van der Waals surface area (Å²) in [7, 11) is 2.00. The molecule has 0 bridgehead atoms. The Balaban J connectivity index is 1.89. The van der Waals surface area contributed by atoms with Crippen LogP contribution >= 0.6 is 11.3 Å². The minimum atomic E-state index is -0.0536. The average Bonchev–Trinajstić information content (AvgIpc) is 3.18. The lowest BCUT2D eigenvalue weighted by atomic mass is 10.1.